The number of likely N-dealkylation sites (N-methyl/N-ethyl adjacent to an activating group) is 1. The monoisotopic (exact) mass is 291 g/mol. The van der Waals surface area contributed by atoms with E-state index in [1.807, 2.05) is 24.3 Å². The molecule has 5 nitrogen and oxygen atoms in total. The van der Waals surface area contributed by atoms with Crippen molar-refractivity contribution in [2.75, 3.05) is 38.6 Å². The molecular formula is C16H25N3O2. The van der Waals surface area contributed by atoms with E-state index < -0.39 is 0 Å². The van der Waals surface area contributed by atoms with Crippen molar-refractivity contribution in [3.05, 3.63) is 29.8 Å². The maximum absolute atomic E-state index is 12.4. The van der Waals surface area contributed by atoms with Gasteiger partial charge in [-0.2, -0.15) is 0 Å². The molecule has 0 spiro atoms. The second-order valence-electron chi connectivity index (χ2n) is 5.81. The Balaban J connectivity index is 1.94. The van der Waals surface area contributed by atoms with E-state index in [9.17, 15) is 4.79 Å². The molecule has 5 heteroatoms. The zero-order valence-electron chi connectivity index (χ0n) is 13.1. The van der Waals surface area contributed by atoms with Crippen molar-refractivity contribution in [3.8, 4) is 0 Å². The highest BCUT2D eigenvalue weighted by Crippen LogP contribution is 2.16. The van der Waals surface area contributed by atoms with E-state index in [0.717, 1.165) is 25.4 Å². The lowest BCUT2D eigenvalue weighted by Crippen LogP contribution is -2.46. The van der Waals surface area contributed by atoms with Crippen LogP contribution in [0.5, 0.6) is 0 Å². The van der Waals surface area contributed by atoms with Crippen LogP contribution in [0.1, 0.15) is 24.2 Å². The van der Waals surface area contributed by atoms with Gasteiger partial charge in [-0.15, -0.1) is 0 Å². The highest BCUT2D eigenvalue weighted by atomic mass is 16.5. The second-order valence-corrected chi connectivity index (χ2v) is 5.81. The van der Waals surface area contributed by atoms with Gasteiger partial charge in [0.15, 0.2) is 0 Å². The van der Waals surface area contributed by atoms with E-state index in [-0.39, 0.29) is 18.1 Å². The number of morpholine rings is 1. The van der Waals surface area contributed by atoms with Gasteiger partial charge in [-0.25, -0.2) is 0 Å². The first-order valence-corrected chi connectivity index (χ1v) is 7.50. The molecule has 0 saturated carbocycles. The number of para-hydroxylation sites is 1. The molecule has 0 radical (unpaired) electrons. The number of hydrogen-bond acceptors (Lipinski definition) is 4. The largest absolute Gasteiger partial charge is 0.382 e. The van der Waals surface area contributed by atoms with Crippen molar-refractivity contribution in [2.24, 2.45) is 0 Å². The van der Waals surface area contributed by atoms with Crippen molar-refractivity contribution in [2.45, 2.75) is 26.0 Å². The van der Waals surface area contributed by atoms with Gasteiger partial charge in [0.25, 0.3) is 5.91 Å². The molecule has 1 heterocycles. The predicted molar refractivity (Wildman–Crippen MR) is 84.8 cm³/mol. The minimum absolute atomic E-state index is 0.0597. The minimum Gasteiger partial charge on any atom is -0.382 e. The maximum Gasteiger partial charge on any atom is 0.253 e. The smallest absolute Gasteiger partial charge is 0.253 e. The number of amides is 1. The van der Waals surface area contributed by atoms with E-state index in [0.29, 0.717) is 12.1 Å². The standard InChI is InChI=1S/C16H25N3O2/c1-12(2)18-15-7-5-4-6-14(15)16(20)17-10-13-11-19(3)8-9-21-13/h4-7,12-13,18H,8-11H2,1-3H3,(H,17,20). The number of nitrogens with zero attached hydrogens (tertiary/aromatic N) is 1. The molecule has 0 aromatic heterocycles. The van der Waals surface area contributed by atoms with Crippen LogP contribution in [-0.4, -0.2) is 56.2 Å². The molecule has 1 unspecified atom stereocenters. The van der Waals surface area contributed by atoms with Gasteiger partial charge in [0.1, 0.15) is 0 Å². The van der Waals surface area contributed by atoms with Gasteiger partial charge in [-0.3, -0.25) is 4.79 Å². The van der Waals surface area contributed by atoms with Crippen molar-refractivity contribution in [1.29, 1.82) is 0 Å². The van der Waals surface area contributed by atoms with Gasteiger partial charge in [-0.05, 0) is 33.0 Å². The van der Waals surface area contributed by atoms with Crippen LogP contribution >= 0.6 is 0 Å². The quantitative estimate of drug-likeness (QED) is 0.864. The first-order valence-electron chi connectivity index (χ1n) is 7.50. The van der Waals surface area contributed by atoms with Gasteiger partial charge in [0.05, 0.1) is 18.3 Å². The van der Waals surface area contributed by atoms with Crippen LogP contribution in [0.3, 0.4) is 0 Å². The molecule has 1 atom stereocenters. The van der Waals surface area contributed by atoms with Crippen LogP contribution < -0.4 is 10.6 Å². The topological polar surface area (TPSA) is 53.6 Å². The molecule has 116 valence electrons. The molecule has 0 aliphatic carbocycles. The summed E-state index contributed by atoms with van der Waals surface area (Å²) in [6, 6.07) is 7.87. The third-order valence-corrected chi connectivity index (χ3v) is 3.45. The molecule has 0 bridgehead atoms. The van der Waals surface area contributed by atoms with Crippen LogP contribution in [0, 0.1) is 0 Å². The third-order valence-electron chi connectivity index (χ3n) is 3.45. The van der Waals surface area contributed by atoms with Crippen LogP contribution in [-0.2, 0) is 4.74 Å². The molecule has 21 heavy (non-hydrogen) atoms. The Morgan fingerprint density at radius 3 is 2.90 bits per heavy atom. The minimum atomic E-state index is -0.0597. The van der Waals surface area contributed by atoms with E-state index in [4.69, 9.17) is 4.74 Å². The van der Waals surface area contributed by atoms with Crippen LogP contribution in [0.25, 0.3) is 0 Å². The Hall–Kier alpha value is -1.59. The van der Waals surface area contributed by atoms with Crippen LogP contribution in [0.15, 0.2) is 24.3 Å². The fraction of sp³-hybridized carbons (Fsp3) is 0.562. The number of rotatable bonds is 5. The molecule has 1 aromatic rings. The van der Waals surface area contributed by atoms with E-state index >= 15 is 0 Å². The molecule has 1 amide bonds. The zero-order chi connectivity index (χ0) is 15.2. The number of carbonyl (C=O) groups is 1. The van der Waals surface area contributed by atoms with E-state index in [2.05, 4.69) is 36.4 Å². The molecule has 1 aliphatic rings. The lowest BCUT2D eigenvalue weighted by Gasteiger charge is -2.30. The molecule has 1 aliphatic heterocycles. The van der Waals surface area contributed by atoms with Crippen molar-refractivity contribution in [3.63, 3.8) is 0 Å². The number of hydrogen-bond donors (Lipinski definition) is 2. The Bertz CT molecular complexity index is 476. The Morgan fingerprint density at radius 1 is 1.43 bits per heavy atom. The molecule has 1 aromatic carbocycles. The van der Waals surface area contributed by atoms with Crippen molar-refractivity contribution in [1.82, 2.24) is 10.2 Å². The summed E-state index contributed by atoms with van der Waals surface area (Å²) in [4.78, 5) is 14.6. The molecule has 1 fully saturated rings. The van der Waals surface area contributed by atoms with Crippen molar-refractivity contribution >= 4 is 11.6 Å². The summed E-state index contributed by atoms with van der Waals surface area (Å²) in [6.07, 6.45) is 0.0675. The Labute approximate surface area is 126 Å². The predicted octanol–water partition coefficient (Wildman–Crippen LogP) is 1.57. The van der Waals surface area contributed by atoms with Gasteiger partial charge < -0.3 is 20.3 Å². The van der Waals surface area contributed by atoms with Crippen LogP contribution in [0.4, 0.5) is 5.69 Å². The summed E-state index contributed by atoms with van der Waals surface area (Å²) in [7, 11) is 2.07. The first-order chi connectivity index (χ1) is 10.1. The summed E-state index contributed by atoms with van der Waals surface area (Å²) in [6.45, 7) is 7.18. The SMILES string of the molecule is CC(C)Nc1ccccc1C(=O)NCC1CN(C)CCO1. The second kappa shape index (κ2) is 7.43. The zero-order valence-corrected chi connectivity index (χ0v) is 13.1. The van der Waals surface area contributed by atoms with Gasteiger partial charge in [0.2, 0.25) is 0 Å². The van der Waals surface area contributed by atoms with Gasteiger partial charge in [-0.1, -0.05) is 12.1 Å². The Kier molecular flexibility index (Phi) is 5.59. The molecular weight excluding hydrogens is 266 g/mol. The summed E-state index contributed by atoms with van der Waals surface area (Å²) in [5, 5.41) is 6.27. The molecule has 2 N–H and O–H groups in total. The highest BCUT2D eigenvalue weighted by molar-refractivity contribution is 5.99. The average molecular weight is 291 g/mol. The lowest BCUT2D eigenvalue weighted by molar-refractivity contribution is -0.0174. The van der Waals surface area contributed by atoms with Crippen LogP contribution in [0.2, 0.25) is 0 Å². The summed E-state index contributed by atoms with van der Waals surface area (Å²) in [5.41, 5.74) is 1.54. The summed E-state index contributed by atoms with van der Waals surface area (Å²) in [5.74, 6) is -0.0597. The van der Waals surface area contributed by atoms with E-state index in [1.165, 1.54) is 0 Å². The van der Waals surface area contributed by atoms with Gasteiger partial charge in [0, 0.05) is 31.4 Å². The normalized spacial score (nSPS) is 19.5. The summed E-state index contributed by atoms with van der Waals surface area (Å²) >= 11 is 0. The fourth-order valence-electron chi connectivity index (χ4n) is 2.41. The average Bonchev–Trinajstić information content (AvgIpc) is 2.45. The van der Waals surface area contributed by atoms with Gasteiger partial charge >= 0.3 is 0 Å². The van der Waals surface area contributed by atoms with E-state index in [1.54, 1.807) is 0 Å². The number of anilines is 1. The highest BCUT2D eigenvalue weighted by Gasteiger charge is 2.19. The number of benzene rings is 1. The van der Waals surface area contributed by atoms with Crippen molar-refractivity contribution < 1.29 is 9.53 Å². The molecule has 1 saturated heterocycles. The third kappa shape index (κ3) is 4.72. The summed E-state index contributed by atoms with van der Waals surface area (Å²) < 4.78 is 5.66. The Morgan fingerprint density at radius 2 is 2.19 bits per heavy atom. The number of carbonyl (C=O) groups excluding carboxylic acids is 1. The molecule has 2 rings (SSSR count). The maximum atomic E-state index is 12.4. The lowest BCUT2D eigenvalue weighted by atomic mass is 10.1. The number of nitrogens with one attached hydrogen (secondary N) is 2. The fourth-order valence-corrected chi connectivity index (χ4v) is 2.41. The number of ether oxygens (including phenoxy) is 1. The first kappa shape index (κ1) is 15.8.